The van der Waals surface area contributed by atoms with E-state index in [1.165, 1.54) is 56.1 Å². The molecule has 2 fully saturated rings. The van der Waals surface area contributed by atoms with Crippen LogP contribution in [0.3, 0.4) is 0 Å². The van der Waals surface area contributed by atoms with Crippen molar-refractivity contribution in [1.29, 1.82) is 0 Å². The number of rotatable bonds is 4. The summed E-state index contributed by atoms with van der Waals surface area (Å²) in [6, 6.07) is 12.5. The Morgan fingerprint density at radius 2 is 1.51 bits per heavy atom. The lowest BCUT2D eigenvalue weighted by molar-refractivity contribution is -0.660. The summed E-state index contributed by atoms with van der Waals surface area (Å²) >= 11 is 0. The molecule has 0 amide bonds. The highest BCUT2D eigenvalue weighted by Crippen LogP contribution is 2.47. The van der Waals surface area contributed by atoms with Crippen LogP contribution in [0.4, 0.5) is 4.39 Å². The minimum atomic E-state index is -0.0984. The van der Waals surface area contributed by atoms with Crippen LogP contribution in [0.25, 0.3) is 33.2 Å². The van der Waals surface area contributed by atoms with Crippen molar-refractivity contribution in [2.24, 2.45) is 24.3 Å². The highest BCUT2D eigenvalue weighted by atomic mass is 19.1. The number of hydrogen-bond donors (Lipinski definition) is 0. The molecule has 2 saturated carbocycles. The Labute approximate surface area is 233 Å². The first-order valence-electron chi connectivity index (χ1n) is 15.3. The number of furan rings is 1. The molecule has 2 nitrogen and oxygen atoms in total. The summed E-state index contributed by atoms with van der Waals surface area (Å²) in [6.45, 7) is 9.00. The maximum Gasteiger partial charge on any atom is 0.216 e. The van der Waals surface area contributed by atoms with E-state index in [-0.39, 0.29) is 17.2 Å². The van der Waals surface area contributed by atoms with Crippen molar-refractivity contribution < 1.29 is 13.4 Å². The van der Waals surface area contributed by atoms with Crippen molar-refractivity contribution in [3.05, 3.63) is 65.1 Å². The Morgan fingerprint density at radius 1 is 0.846 bits per heavy atom. The van der Waals surface area contributed by atoms with E-state index in [9.17, 15) is 0 Å². The fraction of sp³-hybridized carbons (Fsp3) is 0.528. The molecule has 0 unspecified atom stereocenters. The summed E-state index contributed by atoms with van der Waals surface area (Å²) in [5.74, 6) is 1.87. The normalized spacial score (nSPS) is 21.2. The van der Waals surface area contributed by atoms with Gasteiger partial charge < -0.3 is 4.42 Å². The standard InChI is InChI=1S/C36H45FNO/c1-23-11-16-28-29-17-18-30(37)33(27-14-12-26(13-15-27)25-9-7-6-8-10-25)35(29)39-34(28)32(23)31-21-24(19-20-38(31)5)22-36(2,3)4/h11,16-21,25-27H,6-10,12-15,22H2,1-5H3/q+1. The number of benzene rings is 2. The van der Waals surface area contributed by atoms with Crippen molar-refractivity contribution >= 4 is 21.9 Å². The Balaban J connectivity index is 1.41. The SMILES string of the molecule is Cc1ccc2c(oc3c(C4CCC(C5CCCCC5)CC4)c(F)ccc32)c1-c1cc(CC(C)(C)C)cc[n+]1C. The van der Waals surface area contributed by atoms with Crippen LogP contribution in [0.1, 0.15) is 101 Å². The van der Waals surface area contributed by atoms with Crippen molar-refractivity contribution in [2.45, 2.75) is 97.8 Å². The van der Waals surface area contributed by atoms with E-state index in [1.54, 1.807) is 6.07 Å². The van der Waals surface area contributed by atoms with Crippen LogP contribution in [-0.2, 0) is 13.5 Å². The van der Waals surface area contributed by atoms with Crippen molar-refractivity contribution in [2.75, 3.05) is 0 Å². The second kappa shape index (κ2) is 10.4. The number of fused-ring (bicyclic) bond motifs is 3. The fourth-order valence-electron chi connectivity index (χ4n) is 7.77. The molecule has 2 aromatic heterocycles. The number of halogens is 1. The summed E-state index contributed by atoms with van der Waals surface area (Å²) in [6.07, 6.45) is 14.8. The molecule has 39 heavy (non-hydrogen) atoms. The van der Waals surface area contributed by atoms with Crippen molar-refractivity contribution in [1.82, 2.24) is 0 Å². The maximum atomic E-state index is 15.6. The quantitative estimate of drug-likeness (QED) is 0.242. The van der Waals surface area contributed by atoms with Crippen LogP contribution >= 0.6 is 0 Å². The molecule has 3 heteroatoms. The minimum Gasteiger partial charge on any atom is -0.455 e. The monoisotopic (exact) mass is 526 g/mol. The summed E-state index contributed by atoms with van der Waals surface area (Å²) in [7, 11) is 2.10. The lowest BCUT2D eigenvalue weighted by Gasteiger charge is -2.36. The second-order valence-corrected chi connectivity index (χ2v) is 13.9. The molecule has 6 rings (SSSR count). The average Bonchev–Trinajstić information content (AvgIpc) is 3.28. The van der Waals surface area contributed by atoms with Gasteiger partial charge in [0.15, 0.2) is 6.20 Å². The van der Waals surface area contributed by atoms with E-state index >= 15 is 4.39 Å². The van der Waals surface area contributed by atoms with Gasteiger partial charge in [0, 0.05) is 28.5 Å². The molecule has 0 saturated heterocycles. The predicted molar refractivity (Wildman–Crippen MR) is 159 cm³/mol. The fourth-order valence-corrected chi connectivity index (χ4v) is 7.77. The van der Waals surface area contributed by atoms with Gasteiger partial charge in [-0.15, -0.1) is 0 Å². The Bertz CT molecular complexity index is 1490. The van der Waals surface area contributed by atoms with Crippen LogP contribution in [0.2, 0.25) is 0 Å². The van der Waals surface area contributed by atoms with Gasteiger partial charge in [0.1, 0.15) is 24.0 Å². The highest BCUT2D eigenvalue weighted by molar-refractivity contribution is 6.10. The molecular formula is C36H45FNO+. The molecule has 0 atom stereocenters. The van der Waals surface area contributed by atoms with E-state index in [2.05, 4.69) is 69.8 Å². The van der Waals surface area contributed by atoms with E-state index in [4.69, 9.17) is 4.42 Å². The molecule has 0 N–H and O–H groups in total. The van der Waals surface area contributed by atoms with Crippen LogP contribution in [0.5, 0.6) is 0 Å². The van der Waals surface area contributed by atoms with E-state index in [0.717, 1.165) is 69.9 Å². The Morgan fingerprint density at radius 3 is 2.23 bits per heavy atom. The first kappa shape index (κ1) is 26.5. The third kappa shape index (κ3) is 5.14. The lowest BCUT2D eigenvalue weighted by atomic mass is 9.70. The van der Waals surface area contributed by atoms with Gasteiger partial charge in [-0.05, 0) is 85.5 Å². The number of aromatic nitrogens is 1. The molecule has 0 radical (unpaired) electrons. The number of nitrogens with zero attached hydrogens (tertiary/aromatic N) is 1. The van der Waals surface area contributed by atoms with E-state index in [0.29, 0.717) is 0 Å². The first-order chi connectivity index (χ1) is 18.7. The first-order valence-corrected chi connectivity index (χ1v) is 15.3. The summed E-state index contributed by atoms with van der Waals surface area (Å²) in [5, 5.41) is 2.13. The predicted octanol–water partition coefficient (Wildman–Crippen LogP) is 9.97. The van der Waals surface area contributed by atoms with Crippen LogP contribution in [0.15, 0.2) is 47.0 Å². The van der Waals surface area contributed by atoms with E-state index < -0.39 is 0 Å². The third-order valence-electron chi connectivity index (χ3n) is 9.70. The molecule has 2 heterocycles. The smallest absolute Gasteiger partial charge is 0.216 e. The van der Waals surface area contributed by atoms with Crippen LogP contribution in [-0.4, -0.2) is 0 Å². The zero-order valence-electron chi connectivity index (χ0n) is 24.6. The van der Waals surface area contributed by atoms with Gasteiger partial charge in [0.05, 0.1) is 5.56 Å². The number of pyridine rings is 1. The Hall–Kier alpha value is -2.68. The molecule has 2 aliphatic carbocycles. The average molecular weight is 527 g/mol. The zero-order valence-corrected chi connectivity index (χ0v) is 24.6. The molecular weight excluding hydrogens is 481 g/mol. The molecule has 0 bridgehead atoms. The molecule has 2 aliphatic rings. The maximum absolute atomic E-state index is 15.6. The van der Waals surface area contributed by atoms with E-state index in [1.807, 2.05) is 6.07 Å². The van der Waals surface area contributed by atoms with Gasteiger partial charge >= 0.3 is 0 Å². The van der Waals surface area contributed by atoms with Gasteiger partial charge in [0.2, 0.25) is 5.69 Å². The number of aryl methyl sites for hydroxylation is 2. The Kier molecular flexibility index (Phi) is 7.06. The van der Waals surface area contributed by atoms with Gasteiger partial charge in [-0.3, -0.25) is 0 Å². The summed E-state index contributed by atoms with van der Waals surface area (Å²) in [5.41, 5.74) is 7.45. The van der Waals surface area contributed by atoms with Crippen molar-refractivity contribution in [3.63, 3.8) is 0 Å². The van der Waals surface area contributed by atoms with Gasteiger partial charge in [-0.25, -0.2) is 8.96 Å². The van der Waals surface area contributed by atoms with Crippen LogP contribution < -0.4 is 4.57 Å². The molecule has 0 aliphatic heterocycles. The van der Waals surface area contributed by atoms with Crippen LogP contribution in [0, 0.1) is 30.0 Å². The van der Waals surface area contributed by atoms with Gasteiger partial charge in [-0.2, -0.15) is 0 Å². The molecule has 0 spiro atoms. The molecule has 4 aromatic rings. The number of hydrogen-bond acceptors (Lipinski definition) is 1. The summed E-state index contributed by atoms with van der Waals surface area (Å²) in [4.78, 5) is 0. The summed E-state index contributed by atoms with van der Waals surface area (Å²) < 4.78 is 24.6. The zero-order chi connectivity index (χ0) is 27.3. The molecule has 206 valence electrons. The largest absolute Gasteiger partial charge is 0.455 e. The van der Waals surface area contributed by atoms with Crippen molar-refractivity contribution in [3.8, 4) is 11.3 Å². The van der Waals surface area contributed by atoms with Gasteiger partial charge in [0.25, 0.3) is 0 Å². The topological polar surface area (TPSA) is 17.0 Å². The highest BCUT2D eigenvalue weighted by Gasteiger charge is 2.32. The minimum absolute atomic E-state index is 0.0984. The third-order valence-corrected chi connectivity index (χ3v) is 9.70. The molecule has 2 aromatic carbocycles. The lowest BCUT2D eigenvalue weighted by Crippen LogP contribution is -2.31. The second-order valence-electron chi connectivity index (χ2n) is 13.9. The van der Waals surface area contributed by atoms with Gasteiger partial charge in [-0.1, -0.05) is 65.0 Å².